The van der Waals surface area contributed by atoms with Crippen LogP contribution in [0.4, 0.5) is 0 Å². The van der Waals surface area contributed by atoms with Gasteiger partial charge in [-0.1, -0.05) is 137 Å². The van der Waals surface area contributed by atoms with Gasteiger partial charge in [-0.05, 0) is 18.3 Å². The summed E-state index contributed by atoms with van der Waals surface area (Å²) in [6, 6.07) is -1.57. The second-order valence-electron chi connectivity index (χ2n) is 12.3. The smallest absolute Gasteiger partial charge is 0.340 e. The molecule has 0 spiro atoms. The number of aliphatic carboxylic acids is 1. The van der Waals surface area contributed by atoms with Crippen LogP contribution in [0.15, 0.2) is 12.2 Å². The third-order valence-corrected chi connectivity index (χ3v) is 7.03. The van der Waals surface area contributed by atoms with Crippen molar-refractivity contribution in [3.8, 4) is 0 Å². The first kappa shape index (κ1) is 39.6. The SMILES string of the molecule is CCCCCCCCCCCCCCCCCCCN(C(=O)/C=C\C(=O)O)C(C(=O)OCC(C)C)C(=O)OCC(C)C. The van der Waals surface area contributed by atoms with Gasteiger partial charge >= 0.3 is 17.9 Å². The van der Waals surface area contributed by atoms with Crippen molar-refractivity contribution in [2.75, 3.05) is 19.8 Å². The van der Waals surface area contributed by atoms with E-state index < -0.39 is 29.9 Å². The van der Waals surface area contributed by atoms with Crippen LogP contribution in [-0.4, -0.2) is 59.6 Å². The van der Waals surface area contributed by atoms with Gasteiger partial charge in [-0.2, -0.15) is 0 Å². The first-order chi connectivity index (χ1) is 20.1. The summed E-state index contributed by atoms with van der Waals surface area (Å²) in [5.41, 5.74) is 0. The van der Waals surface area contributed by atoms with E-state index in [-0.39, 0.29) is 31.6 Å². The van der Waals surface area contributed by atoms with Crippen LogP contribution in [0.1, 0.15) is 144 Å². The predicted molar refractivity (Wildman–Crippen MR) is 168 cm³/mol. The van der Waals surface area contributed by atoms with Gasteiger partial charge in [0.1, 0.15) is 0 Å². The number of esters is 2. The number of carboxylic acids is 1. The standard InChI is InChI=1S/C34H61NO7/c1-6-7-8-9-10-11-12-13-14-15-16-17-18-19-20-21-22-25-35(30(36)23-24-31(37)38)32(33(39)41-26-28(2)3)34(40)42-27-29(4)5/h23-24,28-29,32H,6-22,25-27H2,1-5H3,(H,37,38)/b24-23-. The fourth-order valence-electron chi connectivity index (χ4n) is 4.62. The number of rotatable bonds is 27. The van der Waals surface area contributed by atoms with Crippen molar-refractivity contribution >= 4 is 23.8 Å². The average molecular weight is 596 g/mol. The Morgan fingerprint density at radius 1 is 0.595 bits per heavy atom. The van der Waals surface area contributed by atoms with Crippen molar-refractivity contribution < 1.29 is 33.8 Å². The van der Waals surface area contributed by atoms with Crippen LogP contribution in [0, 0.1) is 11.8 Å². The van der Waals surface area contributed by atoms with Gasteiger partial charge in [0.05, 0.1) is 13.2 Å². The van der Waals surface area contributed by atoms with Gasteiger partial charge in [0.15, 0.2) is 0 Å². The fourth-order valence-corrected chi connectivity index (χ4v) is 4.62. The molecule has 0 aliphatic rings. The molecule has 1 amide bonds. The zero-order valence-electron chi connectivity index (χ0n) is 27.4. The van der Waals surface area contributed by atoms with Crippen LogP contribution in [0.25, 0.3) is 0 Å². The van der Waals surface area contributed by atoms with Gasteiger partial charge in [0.25, 0.3) is 0 Å². The number of hydrogen-bond acceptors (Lipinski definition) is 6. The first-order valence-corrected chi connectivity index (χ1v) is 16.6. The Morgan fingerprint density at radius 3 is 1.29 bits per heavy atom. The maximum absolute atomic E-state index is 12.9. The molecule has 0 saturated carbocycles. The highest BCUT2D eigenvalue weighted by Crippen LogP contribution is 2.16. The van der Waals surface area contributed by atoms with Gasteiger partial charge in [0, 0.05) is 18.7 Å². The average Bonchev–Trinajstić information content (AvgIpc) is 2.94. The molecule has 0 aromatic carbocycles. The van der Waals surface area contributed by atoms with Crippen LogP contribution >= 0.6 is 0 Å². The zero-order valence-corrected chi connectivity index (χ0v) is 27.4. The maximum Gasteiger partial charge on any atom is 0.340 e. The molecule has 0 aliphatic carbocycles. The summed E-state index contributed by atoms with van der Waals surface area (Å²) in [5.74, 6) is -3.66. The number of ether oxygens (including phenoxy) is 2. The second kappa shape index (κ2) is 26.3. The lowest BCUT2D eigenvalue weighted by Crippen LogP contribution is -2.51. The van der Waals surface area contributed by atoms with Crippen molar-refractivity contribution in [1.29, 1.82) is 0 Å². The monoisotopic (exact) mass is 595 g/mol. The number of carboxylic acid groups (broad SMARTS) is 1. The molecule has 0 radical (unpaired) electrons. The molecule has 0 unspecified atom stereocenters. The van der Waals surface area contributed by atoms with E-state index in [9.17, 15) is 19.2 Å². The summed E-state index contributed by atoms with van der Waals surface area (Å²) in [4.78, 5) is 50.9. The molecular formula is C34H61NO7. The number of carbonyl (C=O) groups excluding carboxylic acids is 3. The lowest BCUT2D eigenvalue weighted by molar-refractivity contribution is -0.168. The number of hydrogen-bond donors (Lipinski definition) is 1. The topological polar surface area (TPSA) is 110 Å². The summed E-state index contributed by atoms with van der Waals surface area (Å²) < 4.78 is 10.6. The Hall–Kier alpha value is -2.38. The van der Waals surface area contributed by atoms with Gasteiger partial charge < -0.3 is 19.5 Å². The minimum Gasteiger partial charge on any atom is -0.478 e. The molecule has 0 bridgehead atoms. The molecule has 0 atom stereocenters. The van der Waals surface area contributed by atoms with Gasteiger partial charge in [-0.25, -0.2) is 14.4 Å². The highest BCUT2D eigenvalue weighted by molar-refractivity contribution is 6.05. The molecule has 0 aromatic rings. The Bertz CT molecular complexity index is 739. The van der Waals surface area contributed by atoms with E-state index in [2.05, 4.69) is 6.92 Å². The van der Waals surface area contributed by atoms with Crippen LogP contribution in [0.2, 0.25) is 0 Å². The summed E-state index contributed by atoms with van der Waals surface area (Å²) in [6.07, 6.45) is 22.3. The van der Waals surface area contributed by atoms with E-state index in [4.69, 9.17) is 14.6 Å². The summed E-state index contributed by atoms with van der Waals surface area (Å²) in [6.45, 7) is 10.1. The van der Waals surface area contributed by atoms with E-state index in [1.54, 1.807) is 0 Å². The molecular weight excluding hydrogens is 534 g/mol. The number of carbonyl (C=O) groups is 4. The molecule has 0 aromatic heterocycles. The highest BCUT2D eigenvalue weighted by Gasteiger charge is 2.38. The Labute approximate surface area is 256 Å². The third-order valence-electron chi connectivity index (χ3n) is 7.03. The van der Waals surface area contributed by atoms with Gasteiger partial charge in [-0.3, -0.25) is 4.79 Å². The van der Waals surface area contributed by atoms with Crippen molar-refractivity contribution in [2.24, 2.45) is 11.8 Å². The van der Waals surface area contributed by atoms with Crippen molar-refractivity contribution in [1.82, 2.24) is 4.90 Å². The van der Waals surface area contributed by atoms with Crippen LogP contribution in [-0.2, 0) is 28.7 Å². The molecule has 42 heavy (non-hydrogen) atoms. The van der Waals surface area contributed by atoms with E-state index >= 15 is 0 Å². The van der Waals surface area contributed by atoms with E-state index in [1.807, 2.05) is 27.7 Å². The normalized spacial score (nSPS) is 11.5. The zero-order chi connectivity index (χ0) is 31.6. The second-order valence-corrected chi connectivity index (χ2v) is 12.3. The van der Waals surface area contributed by atoms with Crippen molar-refractivity contribution in [3.05, 3.63) is 12.2 Å². The predicted octanol–water partition coefficient (Wildman–Crippen LogP) is 7.87. The van der Waals surface area contributed by atoms with E-state index in [1.165, 1.54) is 83.5 Å². The van der Waals surface area contributed by atoms with Crippen LogP contribution in [0.3, 0.4) is 0 Å². The minimum atomic E-state index is -1.57. The molecule has 0 heterocycles. The first-order valence-electron chi connectivity index (χ1n) is 16.6. The molecule has 1 N–H and O–H groups in total. The van der Waals surface area contributed by atoms with Crippen molar-refractivity contribution in [2.45, 2.75) is 150 Å². The largest absolute Gasteiger partial charge is 0.478 e. The Kier molecular flexibility index (Phi) is 24.8. The van der Waals surface area contributed by atoms with Crippen LogP contribution in [0.5, 0.6) is 0 Å². The molecule has 0 aliphatic heterocycles. The third kappa shape index (κ3) is 22.2. The van der Waals surface area contributed by atoms with E-state index in [0.717, 1.165) is 30.2 Å². The summed E-state index contributed by atoms with van der Waals surface area (Å²) in [7, 11) is 0. The van der Waals surface area contributed by atoms with E-state index in [0.29, 0.717) is 12.5 Å². The molecule has 0 saturated heterocycles. The lowest BCUT2D eigenvalue weighted by atomic mass is 10.0. The molecule has 8 heteroatoms. The van der Waals surface area contributed by atoms with Gasteiger partial charge in [0.2, 0.25) is 11.9 Å². The van der Waals surface area contributed by atoms with Crippen molar-refractivity contribution in [3.63, 3.8) is 0 Å². The van der Waals surface area contributed by atoms with Gasteiger partial charge in [-0.15, -0.1) is 0 Å². The maximum atomic E-state index is 12.9. The fraction of sp³-hybridized carbons (Fsp3) is 0.824. The Balaban J connectivity index is 4.66. The van der Waals surface area contributed by atoms with Crippen LogP contribution < -0.4 is 0 Å². The summed E-state index contributed by atoms with van der Waals surface area (Å²) >= 11 is 0. The number of nitrogens with zero attached hydrogens (tertiary/aromatic N) is 1. The summed E-state index contributed by atoms with van der Waals surface area (Å²) in [5, 5.41) is 8.98. The molecule has 8 nitrogen and oxygen atoms in total. The minimum absolute atomic E-state index is 0.0439. The lowest BCUT2D eigenvalue weighted by Gasteiger charge is -2.28. The quantitative estimate of drug-likeness (QED) is 0.0445. The number of unbranched alkanes of at least 4 members (excludes halogenated alkanes) is 16. The molecule has 0 rings (SSSR count). The highest BCUT2D eigenvalue weighted by atomic mass is 16.6. The Morgan fingerprint density at radius 2 is 0.952 bits per heavy atom. The molecule has 244 valence electrons. The molecule has 0 fully saturated rings. The number of amides is 1.